The summed E-state index contributed by atoms with van der Waals surface area (Å²) >= 11 is 6.26. The Morgan fingerprint density at radius 1 is 0.889 bits per heavy atom. The molecule has 3 aromatic rings. The van der Waals surface area contributed by atoms with E-state index in [2.05, 4.69) is 17.6 Å². The summed E-state index contributed by atoms with van der Waals surface area (Å²) in [6, 6.07) is 20.0. The van der Waals surface area contributed by atoms with Crippen LogP contribution in [0.15, 0.2) is 77.5 Å². The largest absolute Gasteiger partial charge is 0.350 e. The topological polar surface area (TPSA) is 78.5 Å². The van der Waals surface area contributed by atoms with Gasteiger partial charge in [-0.2, -0.15) is 0 Å². The predicted octanol–water partition coefficient (Wildman–Crippen LogP) is 6.33. The Morgan fingerprint density at radius 2 is 1.56 bits per heavy atom. The molecule has 4 rings (SSSR count). The zero-order chi connectivity index (χ0) is 25.8. The van der Waals surface area contributed by atoms with Gasteiger partial charge in [0, 0.05) is 16.9 Å². The van der Waals surface area contributed by atoms with Crippen molar-refractivity contribution in [3.8, 4) is 0 Å². The zero-order valence-electron chi connectivity index (χ0n) is 20.5. The molecule has 6 nitrogen and oxygen atoms in total. The van der Waals surface area contributed by atoms with E-state index in [1.54, 1.807) is 30.3 Å². The van der Waals surface area contributed by atoms with Crippen molar-refractivity contribution in [1.29, 1.82) is 0 Å². The molecule has 1 aliphatic rings. The molecule has 3 aromatic carbocycles. The number of imide groups is 1. The quantitative estimate of drug-likeness (QED) is 0.353. The highest BCUT2D eigenvalue weighted by Crippen LogP contribution is 2.32. The predicted molar refractivity (Wildman–Crippen MR) is 144 cm³/mol. The van der Waals surface area contributed by atoms with Gasteiger partial charge in [-0.25, -0.2) is 4.90 Å². The van der Waals surface area contributed by atoms with E-state index < -0.39 is 11.8 Å². The molecule has 1 heterocycles. The van der Waals surface area contributed by atoms with E-state index in [1.165, 1.54) is 5.56 Å². The van der Waals surface area contributed by atoms with E-state index in [0.717, 1.165) is 41.0 Å². The maximum atomic E-state index is 13.1. The fourth-order valence-corrected chi connectivity index (χ4v) is 4.19. The number of nitrogens with zero attached hydrogens (tertiary/aromatic N) is 1. The SMILES string of the molecule is CCCCc1ccc(NC(=O)c2ccc(NC3=C(Cl)C(=O)N(c4cc(C)ccc4C)C3=O)cc2)cc1. The molecule has 0 saturated heterocycles. The minimum absolute atomic E-state index is 0.00272. The number of carbonyl (C=O) groups is 3. The highest BCUT2D eigenvalue weighted by molar-refractivity contribution is 6.53. The fraction of sp³-hybridized carbons (Fsp3) is 0.207. The van der Waals surface area contributed by atoms with Crippen LogP contribution in [-0.4, -0.2) is 17.7 Å². The second kappa shape index (κ2) is 10.8. The lowest BCUT2D eigenvalue weighted by Crippen LogP contribution is -2.32. The molecule has 3 amide bonds. The third-order valence-corrected chi connectivity index (χ3v) is 6.43. The number of aryl methyl sites for hydroxylation is 3. The van der Waals surface area contributed by atoms with E-state index in [4.69, 9.17) is 11.6 Å². The molecular weight excluding hydrogens is 474 g/mol. The van der Waals surface area contributed by atoms with Crippen LogP contribution in [0.2, 0.25) is 0 Å². The normalized spacial score (nSPS) is 13.4. The molecule has 0 unspecified atom stereocenters. The van der Waals surface area contributed by atoms with Crippen molar-refractivity contribution in [2.45, 2.75) is 40.0 Å². The monoisotopic (exact) mass is 501 g/mol. The van der Waals surface area contributed by atoms with Crippen molar-refractivity contribution in [3.05, 3.63) is 99.7 Å². The number of amides is 3. The average molecular weight is 502 g/mol. The van der Waals surface area contributed by atoms with Crippen LogP contribution in [0.3, 0.4) is 0 Å². The summed E-state index contributed by atoms with van der Waals surface area (Å²) in [5, 5.41) is 5.66. The molecular formula is C29H28ClN3O3. The van der Waals surface area contributed by atoms with E-state index in [9.17, 15) is 14.4 Å². The summed E-state index contributed by atoms with van der Waals surface area (Å²) in [6.45, 7) is 5.88. The Labute approximate surface area is 216 Å². The molecule has 0 aromatic heterocycles. The van der Waals surface area contributed by atoms with Gasteiger partial charge >= 0.3 is 0 Å². The van der Waals surface area contributed by atoms with E-state index in [0.29, 0.717) is 16.9 Å². The van der Waals surface area contributed by atoms with E-state index in [-0.39, 0.29) is 16.6 Å². The number of carbonyl (C=O) groups excluding carboxylic acids is 3. The van der Waals surface area contributed by atoms with Gasteiger partial charge in [0.1, 0.15) is 10.7 Å². The smallest absolute Gasteiger partial charge is 0.283 e. The van der Waals surface area contributed by atoms with Crippen LogP contribution >= 0.6 is 11.6 Å². The van der Waals surface area contributed by atoms with Gasteiger partial charge in [0.2, 0.25) is 0 Å². The van der Waals surface area contributed by atoms with E-state index >= 15 is 0 Å². The van der Waals surface area contributed by atoms with Crippen molar-refractivity contribution in [2.75, 3.05) is 15.5 Å². The molecule has 0 spiro atoms. The number of benzene rings is 3. The van der Waals surface area contributed by atoms with Gasteiger partial charge in [-0.1, -0.05) is 49.2 Å². The first kappa shape index (κ1) is 25.2. The number of halogens is 1. The van der Waals surface area contributed by atoms with Crippen molar-refractivity contribution < 1.29 is 14.4 Å². The van der Waals surface area contributed by atoms with Crippen LogP contribution in [0.25, 0.3) is 0 Å². The van der Waals surface area contributed by atoms with Crippen molar-refractivity contribution >= 4 is 46.4 Å². The van der Waals surface area contributed by atoms with Gasteiger partial charge in [-0.15, -0.1) is 0 Å². The molecule has 0 radical (unpaired) electrons. The summed E-state index contributed by atoms with van der Waals surface area (Å²) in [5.41, 5.74) is 5.18. The summed E-state index contributed by atoms with van der Waals surface area (Å²) in [6.07, 6.45) is 3.30. The number of hydrogen-bond acceptors (Lipinski definition) is 4. The second-order valence-corrected chi connectivity index (χ2v) is 9.26. The van der Waals surface area contributed by atoms with Gasteiger partial charge in [-0.05, 0) is 85.8 Å². The van der Waals surface area contributed by atoms with Crippen molar-refractivity contribution in [1.82, 2.24) is 0 Å². The van der Waals surface area contributed by atoms with Gasteiger partial charge in [0.05, 0.1) is 5.69 Å². The van der Waals surface area contributed by atoms with Gasteiger partial charge < -0.3 is 10.6 Å². The van der Waals surface area contributed by atoms with Crippen LogP contribution in [0.1, 0.15) is 46.8 Å². The number of nitrogens with one attached hydrogen (secondary N) is 2. The van der Waals surface area contributed by atoms with Crippen LogP contribution in [0.4, 0.5) is 17.1 Å². The van der Waals surface area contributed by atoms with Gasteiger partial charge in [0.25, 0.3) is 17.7 Å². The lowest BCUT2D eigenvalue weighted by Gasteiger charge is -2.18. The summed E-state index contributed by atoms with van der Waals surface area (Å²) in [7, 11) is 0. The van der Waals surface area contributed by atoms with Crippen molar-refractivity contribution in [3.63, 3.8) is 0 Å². The molecule has 0 bridgehead atoms. The highest BCUT2D eigenvalue weighted by atomic mass is 35.5. The van der Waals surface area contributed by atoms with Crippen LogP contribution in [-0.2, 0) is 16.0 Å². The Morgan fingerprint density at radius 3 is 2.22 bits per heavy atom. The standard InChI is InChI=1S/C29H28ClN3O3/c1-4-5-6-20-9-13-23(14-10-20)32-27(34)21-11-15-22(16-12-21)31-26-25(30)28(35)33(29(26)36)24-17-18(2)7-8-19(24)3/h7-17,31H,4-6H2,1-3H3,(H,32,34). The van der Waals surface area contributed by atoms with Crippen LogP contribution in [0, 0.1) is 13.8 Å². The van der Waals surface area contributed by atoms with Gasteiger partial charge in [0.15, 0.2) is 0 Å². The van der Waals surface area contributed by atoms with Crippen LogP contribution < -0.4 is 15.5 Å². The minimum atomic E-state index is -0.574. The molecule has 0 saturated carbocycles. The zero-order valence-corrected chi connectivity index (χ0v) is 21.3. The number of anilines is 3. The minimum Gasteiger partial charge on any atom is -0.350 e. The Hall–Kier alpha value is -3.90. The molecule has 184 valence electrons. The first-order valence-corrected chi connectivity index (χ1v) is 12.3. The first-order valence-electron chi connectivity index (χ1n) is 11.9. The molecule has 7 heteroatoms. The molecule has 1 aliphatic heterocycles. The number of unbranched alkanes of at least 4 members (excludes halogenated alkanes) is 1. The molecule has 0 atom stereocenters. The molecule has 0 aliphatic carbocycles. The van der Waals surface area contributed by atoms with E-state index in [1.807, 2.05) is 50.2 Å². The maximum absolute atomic E-state index is 13.1. The maximum Gasteiger partial charge on any atom is 0.283 e. The number of rotatable bonds is 8. The van der Waals surface area contributed by atoms with Crippen molar-refractivity contribution in [2.24, 2.45) is 0 Å². The first-order chi connectivity index (χ1) is 17.3. The number of hydrogen-bond donors (Lipinski definition) is 2. The highest BCUT2D eigenvalue weighted by Gasteiger charge is 2.39. The Bertz CT molecular complexity index is 1350. The Balaban J connectivity index is 1.44. The van der Waals surface area contributed by atoms with Gasteiger partial charge in [-0.3, -0.25) is 14.4 Å². The summed E-state index contributed by atoms with van der Waals surface area (Å²) < 4.78 is 0. The lowest BCUT2D eigenvalue weighted by molar-refractivity contribution is -0.120. The average Bonchev–Trinajstić information content (AvgIpc) is 3.08. The third kappa shape index (κ3) is 5.34. The second-order valence-electron chi connectivity index (χ2n) is 8.88. The fourth-order valence-electron chi connectivity index (χ4n) is 3.98. The molecule has 2 N–H and O–H groups in total. The molecule has 0 fully saturated rings. The third-order valence-electron chi connectivity index (χ3n) is 6.08. The molecule has 36 heavy (non-hydrogen) atoms. The Kier molecular flexibility index (Phi) is 7.55. The lowest BCUT2D eigenvalue weighted by atomic mass is 10.1. The van der Waals surface area contributed by atoms with Crippen LogP contribution in [0.5, 0.6) is 0 Å². The summed E-state index contributed by atoms with van der Waals surface area (Å²) in [5.74, 6) is -1.34. The summed E-state index contributed by atoms with van der Waals surface area (Å²) in [4.78, 5) is 39.6.